The molecule has 0 saturated heterocycles. The molecule has 0 radical (unpaired) electrons. The number of rotatable bonds is 12. The Morgan fingerprint density at radius 1 is 0.935 bits per heavy atom. The molecule has 168 valence electrons. The van der Waals surface area contributed by atoms with Crippen molar-refractivity contribution in [3.05, 3.63) is 65.2 Å². The van der Waals surface area contributed by atoms with E-state index >= 15 is 0 Å². The molecular formula is C24H34N4O3. The summed E-state index contributed by atoms with van der Waals surface area (Å²) >= 11 is 0. The van der Waals surface area contributed by atoms with Gasteiger partial charge in [-0.25, -0.2) is 4.99 Å². The molecule has 2 aromatic carbocycles. The summed E-state index contributed by atoms with van der Waals surface area (Å²) in [5.74, 6) is 1.51. The fourth-order valence-electron chi connectivity index (χ4n) is 2.82. The van der Waals surface area contributed by atoms with E-state index in [-0.39, 0.29) is 5.91 Å². The number of hydrogen-bond donors (Lipinski definition) is 3. The van der Waals surface area contributed by atoms with Gasteiger partial charge in [0.15, 0.2) is 5.96 Å². The highest BCUT2D eigenvalue weighted by Crippen LogP contribution is 2.12. The van der Waals surface area contributed by atoms with Gasteiger partial charge in [0.1, 0.15) is 5.75 Å². The first-order chi connectivity index (χ1) is 15.2. The molecule has 1 amide bonds. The molecule has 0 heterocycles. The van der Waals surface area contributed by atoms with Gasteiger partial charge in [0.25, 0.3) is 5.91 Å². The average molecular weight is 427 g/mol. The largest absolute Gasteiger partial charge is 0.497 e. The number of nitrogens with zero attached hydrogens (tertiary/aromatic N) is 1. The number of aliphatic imine (C=N–C) groups is 1. The van der Waals surface area contributed by atoms with Crippen LogP contribution in [0.3, 0.4) is 0 Å². The molecule has 0 spiro atoms. The number of benzene rings is 2. The number of ether oxygens (including phenoxy) is 2. The van der Waals surface area contributed by atoms with Crippen molar-refractivity contribution in [1.29, 1.82) is 0 Å². The second-order valence-corrected chi connectivity index (χ2v) is 6.90. The third kappa shape index (κ3) is 9.09. The lowest BCUT2D eigenvalue weighted by Gasteiger charge is -2.13. The van der Waals surface area contributed by atoms with Gasteiger partial charge in [0.05, 0.1) is 13.7 Å². The van der Waals surface area contributed by atoms with Gasteiger partial charge in [-0.15, -0.1) is 0 Å². The number of carbonyl (C=O) groups excluding carboxylic acids is 1. The Kier molecular flexibility index (Phi) is 11.0. The van der Waals surface area contributed by atoms with E-state index in [1.165, 1.54) is 0 Å². The molecule has 0 aliphatic carbocycles. The predicted octanol–water partition coefficient (Wildman–Crippen LogP) is 3.11. The second kappa shape index (κ2) is 14.0. The van der Waals surface area contributed by atoms with Crippen molar-refractivity contribution in [3.8, 4) is 5.75 Å². The van der Waals surface area contributed by atoms with Crippen LogP contribution in [0.1, 0.15) is 41.8 Å². The zero-order chi connectivity index (χ0) is 22.3. The van der Waals surface area contributed by atoms with Crippen molar-refractivity contribution in [2.45, 2.75) is 33.4 Å². The summed E-state index contributed by atoms with van der Waals surface area (Å²) in [4.78, 5) is 16.6. The van der Waals surface area contributed by atoms with Gasteiger partial charge >= 0.3 is 0 Å². The standard InChI is InChI=1S/C24H34N4O3/c1-4-25-23(29)21-11-7-19(8-12-21)17-27-24(26-15-6-16-31-5-2)28-18-20-9-13-22(30-3)14-10-20/h7-14H,4-6,15-18H2,1-3H3,(H,25,29)(H2,26,27,28). The van der Waals surface area contributed by atoms with E-state index in [0.29, 0.717) is 25.2 Å². The van der Waals surface area contributed by atoms with Crippen LogP contribution < -0.4 is 20.7 Å². The second-order valence-electron chi connectivity index (χ2n) is 6.90. The Morgan fingerprint density at radius 3 is 2.29 bits per heavy atom. The smallest absolute Gasteiger partial charge is 0.251 e. The van der Waals surface area contributed by atoms with Crippen LogP contribution in [0, 0.1) is 0 Å². The Labute approximate surface area is 185 Å². The number of hydrogen-bond acceptors (Lipinski definition) is 4. The lowest BCUT2D eigenvalue weighted by atomic mass is 10.1. The Morgan fingerprint density at radius 2 is 1.65 bits per heavy atom. The molecule has 2 aromatic rings. The summed E-state index contributed by atoms with van der Waals surface area (Å²) in [6.45, 7) is 7.89. The molecule has 2 rings (SSSR count). The molecule has 0 bridgehead atoms. The summed E-state index contributed by atoms with van der Waals surface area (Å²) < 4.78 is 10.6. The molecule has 3 N–H and O–H groups in total. The molecule has 0 unspecified atom stereocenters. The summed E-state index contributed by atoms with van der Waals surface area (Å²) in [5, 5.41) is 9.53. The lowest BCUT2D eigenvalue weighted by molar-refractivity contribution is 0.0956. The van der Waals surface area contributed by atoms with Crippen molar-refractivity contribution in [2.24, 2.45) is 4.99 Å². The van der Waals surface area contributed by atoms with E-state index in [0.717, 1.165) is 49.0 Å². The minimum absolute atomic E-state index is 0.0558. The van der Waals surface area contributed by atoms with Gasteiger partial charge in [-0.1, -0.05) is 24.3 Å². The summed E-state index contributed by atoms with van der Waals surface area (Å²) in [7, 11) is 1.66. The first-order valence-electron chi connectivity index (χ1n) is 10.8. The van der Waals surface area contributed by atoms with Crippen LogP contribution in [0.2, 0.25) is 0 Å². The van der Waals surface area contributed by atoms with Crippen LogP contribution in [0.5, 0.6) is 5.75 Å². The number of carbonyl (C=O) groups is 1. The van der Waals surface area contributed by atoms with Crippen molar-refractivity contribution in [3.63, 3.8) is 0 Å². The number of guanidine groups is 1. The SMILES string of the molecule is CCNC(=O)c1ccc(CNC(=NCc2ccc(OC)cc2)NCCCOCC)cc1. The maximum Gasteiger partial charge on any atom is 0.251 e. The van der Waals surface area contributed by atoms with E-state index in [2.05, 4.69) is 16.0 Å². The summed E-state index contributed by atoms with van der Waals surface area (Å²) in [6.07, 6.45) is 0.901. The van der Waals surface area contributed by atoms with Gasteiger partial charge in [0.2, 0.25) is 0 Å². The van der Waals surface area contributed by atoms with E-state index in [9.17, 15) is 4.79 Å². The molecule has 0 aliphatic rings. The zero-order valence-corrected chi connectivity index (χ0v) is 18.7. The molecule has 31 heavy (non-hydrogen) atoms. The van der Waals surface area contributed by atoms with Crippen molar-refractivity contribution < 1.29 is 14.3 Å². The van der Waals surface area contributed by atoms with Crippen molar-refractivity contribution in [1.82, 2.24) is 16.0 Å². The number of methoxy groups -OCH3 is 1. The van der Waals surface area contributed by atoms with Crippen molar-refractivity contribution >= 4 is 11.9 Å². The van der Waals surface area contributed by atoms with E-state index < -0.39 is 0 Å². The van der Waals surface area contributed by atoms with Crippen LogP contribution in [0.25, 0.3) is 0 Å². The molecule has 0 saturated carbocycles. The Hall–Kier alpha value is -3.06. The quantitative estimate of drug-likeness (QED) is 0.276. The molecule has 7 heteroatoms. The molecular weight excluding hydrogens is 392 g/mol. The van der Waals surface area contributed by atoms with E-state index in [4.69, 9.17) is 14.5 Å². The lowest BCUT2D eigenvalue weighted by Crippen LogP contribution is -2.37. The normalized spacial score (nSPS) is 11.1. The minimum atomic E-state index is -0.0558. The topological polar surface area (TPSA) is 84.0 Å². The van der Waals surface area contributed by atoms with Gasteiger partial charge in [-0.2, -0.15) is 0 Å². The van der Waals surface area contributed by atoms with Crippen LogP contribution in [-0.4, -0.2) is 45.3 Å². The summed E-state index contributed by atoms with van der Waals surface area (Å²) in [5.41, 5.74) is 2.83. The van der Waals surface area contributed by atoms with Gasteiger partial charge in [0, 0.05) is 38.4 Å². The number of nitrogens with one attached hydrogen (secondary N) is 3. The predicted molar refractivity (Wildman–Crippen MR) is 125 cm³/mol. The van der Waals surface area contributed by atoms with Crippen LogP contribution in [0.4, 0.5) is 0 Å². The van der Waals surface area contributed by atoms with Gasteiger partial charge in [-0.3, -0.25) is 4.79 Å². The maximum absolute atomic E-state index is 11.9. The first kappa shape index (κ1) is 24.2. The molecule has 0 aromatic heterocycles. The molecule has 0 fully saturated rings. The highest BCUT2D eigenvalue weighted by Gasteiger charge is 2.05. The third-order valence-electron chi connectivity index (χ3n) is 4.55. The first-order valence-corrected chi connectivity index (χ1v) is 10.8. The van der Waals surface area contributed by atoms with E-state index in [1.807, 2.05) is 62.4 Å². The monoisotopic (exact) mass is 426 g/mol. The van der Waals surface area contributed by atoms with E-state index in [1.54, 1.807) is 7.11 Å². The number of amides is 1. The van der Waals surface area contributed by atoms with Gasteiger partial charge < -0.3 is 25.4 Å². The Balaban J connectivity index is 1.95. The fraction of sp³-hybridized carbons (Fsp3) is 0.417. The zero-order valence-electron chi connectivity index (χ0n) is 18.7. The Bertz CT molecular complexity index is 805. The third-order valence-corrected chi connectivity index (χ3v) is 4.55. The molecule has 7 nitrogen and oxygen atoms in total. The van der Waals surface area contributed by atoms with Crippen LogP contribution in [0.15, 0.2) is 53.5 Å². The highest BCUT2D eigenvalue weighted by molar-refractivity contribution is 5.94. The minimum Gasteiger partial charge on any atom is -0.497 e. The molecule has 0 aliphatic heterocycles. The maximum atomic E-state index is 11.9. The fourth-order valence-corrected chi connectivity index (χ4v) is 2.82. The summed E-state index contributed by atoms with van der Waals surface area (Å²) in [6, 6.07) is 15.5. The molecule has 0 atom stereocenters. The van der Waals surface area contributed by atoms with Crippen molar-refractivity contribution in [2.75, 3.05) is 33.4 Å². The van der Waals surface area contributed by atoms with Crippen LogP contribution >= 0.6 is 0 Å². The average Bonchev–Trinajstić information content (AvgIpc) is 2.81. The van der Waals surface area contributed by atoms with Crippen LogP contribution in [-0.2, 0) is 17.8 Å². The highest BCUT2D eigenvalue weighted by atomic mass is 16.5. The van der Waals surface area contributed by atoms with Gasteiger partial charge in [-0.05, 0) is 55.7 Å².